The normalized spacial score (nSPS) is 10.1. The van der Waals surface area contributed by atoms with Crippen LogP contribution in [0.15, 0.2) is 12.1 Å². The summed E-state index contributed by atoms with van der Waals surface area (Å²) in [6.07, 6.45) is 0.389. The molecule has 1 rings (SSSR count). The van der Waals surface area contributed by atoms with Crippen molar-refractivity contribution in [1.82, 2.24) is 5.32 Å². The zero-order valence-electron chi connectivity index (χ0n) is 9.54. The van der Waals surface area contributed by atoms with Gasteiger partial charge in [0.2, 0.25) is 0 Å². The average Bonchev–Trinajstić information content (AvgIpc) is 2.31. The summed E-state index contributed by atoms with van der Waals surface area (Å²) in [5.74, 6) is -2.47. The Morgan fingerprint density at radius 2 is 2.00 bits per heavy atom. The maximum absolute atomic E-state index is 13.4. The summed E-state index contributed by atoms with van der Waals surface area (Å²) in [5, 5.41) is 19.7. The van der Waals surface area contributed by atoms with E-state index in [2.05, 4.69) is 5.32 Å². The van der Waals surface area contributed by atoms with Crippen LogP contribution in [0.5, 0.6) is 0 Å². The first-order valence-corrected chi connectivity index (χ1v) is 5.35. The van der Waals surface area contributed by atoms with E-state index in [-0.39, 0.29) is 24.1 Å². The monoisotopic (exact) mass is 254 g/mol. The van der Waals surface area contributed by atoms with E-state index in [1.807, 2.05) is 0 Å². The molecule has 0 aliphatic rings. The number of nitrogens with zero attached hydrogens (tertiary/aromatic N) is 1. The first-order chi connectivity index (χ1) is 8.54. The van der Waals surface area contributed by atoms with Gasteiger partial charge in [0.25, 0.3) is 0 Å². The van der Waals surface area contributed by atoms with E-state index >= 15 is 0 Å². The van der Waals surface area contributed by atoms with Gasteiger partial charge in [-0.1, -0.05) is 0 Å². The molecule has 2 N–H and O–H groups in total. The molecule has 0 radical (unpaired) electrons. The number of nitriles is 1. The zero-order chi connectivity index (χ0) is 13.5. The lowest BCUT2D eigenvalue weighted by atomic mass is 10.1. The summed E-state index contributed by atoms with van der Waals surface area (Å²) in [6.45, 7) is 0.314. The number of carboxylic acid groups (broad SMARTS) is 1. The predicted molar refractivity (Wildman–Crippen MR) is 59.6 cm³/mol. The second-order valence-electron chi connectivity index (χ2n) is 3.70. The fourth-order valence-corrected chi connectivity index (χ4v) is 1.41. The summed E-state index contributed by atoms with van der Waals surface area (Å²) in [6, 6.07) is 3.60. The van der Waals surface area contributed by atoms with Crippen molar-refractivity contribution in [3.63, 3.8) is 0 Å². The van der Waals surface area contributed by atoms with Crippen molar-refractivity contribution in [3.8, 4) is 6.07 Å². The van der Waals surface area contributed by atoms with E-state index in [0.29, 0.717) is 13.0 Å². The van der Waals surface area contributed by atoms with E-state index in [1.165, 1.54) is 0 Å². The van der Waals surface area contributed by atoms with E-state index < -0.39 is 17.6 Å². The number of hydrogen-bond donors (Lipinski definition) is 2. The number of benzene rings is 1. The van der Waals surface area contributed by atoms with Crippen molar-refractivity contribution in [1.29, 1.82) is 5.26 Å². The van der Waals surface area contributed by atoms with Gasteiger partial charge in [-0.3, -0.25) is 4.79 Å². The minimum absolute atomic E-state index is 0.00529. The molecule has 0 atom stereocenters. The summed E-state index contributed by atoms with van der Waals surface area (Å²) >= 11 is 0. The van der Waals surface area contributed by atoms with Crippen LogP contribution in [-0.4, -0.2) is 17.6 Å². The Morgan fingerprint density at radius 3 is 2.50 bits per heavy atom. The van der Waals surface area contributed by atoms with Gasteiger partial charge in [-0.25, -0.2) is 8.78 Å². The fourth-order valence-electron chi connectivity index (χ4n) is 1.41. The molecule has 0 heterocycles. The SMILES string of the molecule is N#Cc1cc(F)c(CNCCCC(=O)O)c(F)c1. The van der Waals surface area contributed by atoms with Gasteiger partial charge in [0.05, 0.1) is 11.6 Å². The molecule has 0 fully saturated rings. The van der Waals surface area contributed by atoms with Crippen LogP contribution in [0.3, 0.4) is 0 Å². The lowest BCUT2D eigenvalue weighted by molar-refractivity contribution is -0.137. The van der Waals surface area contributed by atoms with Crippen LogP contribution in [-0.2, 0) is 11.3 Å². The number of carbonyl (C=O) groups is 1. The van der Waals surface area contributed by atoms with Gasteiger partial charge in [-0.15, -0.1) is 0 Å². The molecular weight excluding hydrogens is 242 g/mol. The predicted octanol–water partition coefficient (Wildman–Crippen LogP) is 1.79. The number of rotatable bonds is 6. The van der Waals surface area contributed by atoms with Crippen LogP contribution in [0.4, 0.5) is 8.78 Å². The topological polar surface area (TPSA) is 73.1 Å². The van der Waals surface area contributed by atoms with Gasteiger partial charge in [0.15, 0.2) is 0 Å². The van der Waals surface area contributed by atoms with Crippen molar-refractivity contribution in [2.75, 3.05) is 6.54 Å². The Kier molecular flexibility index (Phi) is 5.21. The molecule has 0 saturated carbocycles. The van der Waals surface area contributed by atoms with Gasteiger partial charge in [-0.05, 0) is 25.1 Å². The maximum Gasteiger partial charge on any atom is 0.303 e. The minimum Gasteiger partial charge on any atom is -0.481 e. The maximum atomic E-state index is 13.4. The Morgan fingerprint density at radius 1 is 1.39 bits per heavy atom. The van der Waals surface area contributed by atoms with Crippen molar-refractivity contribution in [3.05, 3.63) is 34.9 Å². The molecule has 18 heavy (non-hydrogen) atoms. The van der Waals surface area contributed by atoms with Gasteiger partial charge in [0, 0.05) is 18.5 Å². The second kappa shape index (κ2) is 6.67. The lowest BCUT2D eigenvalue weighted by Gasteiger charge is -2.07. The third kappa shape index (κ3) is 4.11. The Balaban J connectivity index is 2.53. The third-order valence-corrected chi connectivity index (χ3v) is 2.32. The molecule has 6 heteroatoms. The number of aliphatic carboxylic acids is 1. The van der Waals surface area contributed by atoms with Gasteiger partial charge < -0.3 is 10.4 Å². The van der Waals surface area contributed by atoms with Crippen LogP contribution in [0.1, 0.15) is 24.0 Å². The summed E-state index contributed by atoms with van der Waals surface area (Å²) in [5.41, 5.74) is -0.219. The molecule has 0 spiro atoms. The highest BCUT2D eigenvalue weighted by molar-refractivity contribution is 5.66. The van der Waals surface area contributed by atoms with E-state index in [9.17, 15) is 13.6 Å². The quantitative estimate of drug-likeness (QED) is 0.759. The molecule has 0 unspecified atom stereocenters. The molecule has 0 amide bonds. The van der Waals surface area contributed by atoms with Crippen molar-refractivity contribution < 1.29 is 18.7 Å². The molecule has 0 bridgehead atoms. The average molecular weight is 254 g/mol. The van der Waals surface area contributed by atoms with Crippen LogP contribution >= 0.6 is 0 Å². The van der Waals surface area contributed by atoms with Gasteiger partial charge in [-0.2, -0.15) is 5.26 Å². The van der Waals surface area contributed by atoms with E-state index in [4.69, 9.17) is 10.4 Å². The van der Waals surface area contributed by atoms with Gasteiger partial charge >= 0.3 is 5.97 Å². The van der Waals surface area contributed by atoms with Crippen molar-refractivity contribution in [2.24, 2.45) is 0 Å². The number of halogens is 2. The minimum atomic E-state index is -0.910. The smallest absolute Gasteiger partial charge is 0.303 e. The molecule has 0 aromatic heterocycles. The Hall–Kier alpha value is -2.00. The van der Waals surface area contributed by atoms with Crippen LogP contribution in [0.25, 0.3) is 0 Å². The van der Waals surface area contributed by atoms with Crippen LogP contribution in [0.2, 0.25) is 0 Å². The Labute approximate surface area is 103 Å². The highest BCUT2D eigenvalue weighted by Gasteiger charge is 2.10. The number of carboxylic acids is 1. The second-order valence-corrected chi connectivity index (χ2v) is 3.70. The highest BCUT2D eigenvalue weighted by atomic mass is 19.1. The summed E-state index contributed by atoms with van der Waals surface area (Å²) in [7, 11) is 0. The van der Waals surface area contributed by atoms with Crippen molar-refractivity contribution >= 4 is 5.97 Å². The summed E-state index contributed by atoms with van der Waals surface area (Å²) < 4.78 is 26.8. The molecule has 1 aromatic rings. The zero-order valence-corrected chi connectivity index (χ0v) is 9.54. The molecule has 0 aliphatic heterocycles. The number of hydrogen-bond acceptors (Lipinski definition) is 3. The fraction of sp³-hybridized carbons (Fsp3) is 0.333. The van der Waals surface area contributed by atoms with E-state index in [1.54, 1.807) is 6.07 Å². The standard InChI is InChI=1S/C12H12F2N2O2/c13-10-4-8(6-15)5-11(14)9(10)7-16-3-1-2-12(17)18/h4-5,16H,1-3,7H2,(H,17,18). The largest absolute Gasteiger partial charge is 0.481 e. The molecule has 0 saturated heterocycles. The molecule has 4 nitrogen and oxygen atoms in total. The van der Waals surface area contributed by atoms with Crippen molar-refractivity contribution in [2.45, 2.75) is 19.4 Å². The first kappa shape index (κ1) is 14.1. The first-order valence-electron chi connectivity index (χ1n) is 5.35. The lowest BCUT2D eigenvalue weighted by Crippen LogP contribution is -2.17. The highest BCUT2D eigenvalue weighted by Crippen LogP contribution is 2.14. The van der Waals surface area contributed by atoms with E-state index in [0.717, 1.165) is 12.1 Å². The molecule has 96 valence electrons. The summed E-state index contributed by atoms with van der Waals surface area (Å²) in [4.78, 5) is 10.2. The molecular formula is C12H12F2N2O2. The third-order valence-electron chi connectivity index (χ3n) is 2.32. The van der Waals surface area contributed by atoms with Gasteiger partial charge in [0.1, 0.15) is 11.6 Å². The molecule has 0 aliphatic carbocycles. The van der Waals surface area contributed by atoms with Crippen LogP contribution < -0.4 is 5.32 Å². The molecule has 1 aromatic carbocycles. The number of nitrogens with one attached hydrogen (secondary N) is 1. The van der Waals surface area contributed by atoms with Crippen LogP contribution in [0, 0.1) is 23.0 Å². The Bertz CT molecular complexity index is 460.